The van der Waals surface area contributed by atoms with Crippen molar-refractivity contribution in [3.05, 3.63) is 456 Å². The number of hydrogen-bond acceptors (Lipinski definition) is 4. The van der Waals surface area contributed by atoms with E-state index in [0.29, 0.717) is 0 Å². The normalized spacial score (nSPS) is 13.1. The van der Waals surface area contributed by atoms with Gasteiger partial charge in [-0.1, -0.05) is 468 Å². The summed E-state index contributed by atoms with van der Waals surface area (Å²) < 4.78 is 24.4. The van der Waals surface area contributed by atoms with E-state index in [9.17, 15) is 0 Å². The molecule has 708 valence electrons. The van der Waals surface area contributed by atoms with Gasteiger partial charge in [0.25, 0.3) is 0 Å². The van der Waals surface area contributed by atoms with Crippen molar-refractivity contribution in [1.82, 2.24) is 0 Å². The lowest BCUT2D eigenvalue weighted by Crippen LogP contribution is -2.17. The fraction of sp³-hybridized carbons (Fsp3) is 0.217. The first-order valence-electron chi connectivity index (χ1n) is 50.5. The number of hydrogen-bond donors (Lipinski definition) is 0. The minimum atomic E-state index is 0.0384. The molecule has 0 unspecified atom stereocenters. The third-order valence-electron chi connectivity index (χ3n) is 29.0. The summed E-state index contributed by atoms with van der Waals surface area (Å²) in [5, 5.41) is 9.59. The Bertz CT molecular complexity index is 8370. The third kappa shape index (κ3) is 19.3. The van der Waals surface area contributed by atoms with Crippen LogP contribution in [0.4, 0.5) is 0 Å². The van der Waals surface area contributed by atoms with Crippen molar-refractivity contribution >= 4 is 87.8 Å². The van der Waals surface area contributed by atoms with Crippen LogP contribution in [0.15, 0.2) is 418 Å². The molecule has 0 radical (unpaired) electrons. The molecule has 0 atom stereocenters. The highest BCUT2D eigenvalue weighted by atomic mass is 16.3. The molecule has 4 heterocycles. The number of benzene rings is 18. The maximum atomic E-state index is 6.20. The monoisotopic (exact) mass is 1850 g/mol. The average Bonchev–Trinajstić information content (AvgIpc) is 1.56. The molecule has 142 heavy (non-hydrogen) atoms. The maximum Gasteiger partial charge on any atom is 0.139 e. The van der Waals surface area contributed by atoms with Gasteiger partial charge in [-0.3, -0.25) is 0 Å². The van der Waals surface area contributed by atoms with E-state index in [-0.39, 0.29) is 43.3 Å². The van der Waals surface area contributed by atoms with Gasteiger partial charge >= 0.3 is 0 Å². The Morgan fingerprint density at radius 2 is 0.500 bits per heavy atom. The zero-order valence-electron chi connectivity index (χ0n) is 86.7. The summed E-state index contributed by atoms with van der Waals surface area (Å²) in [7, 11) is 0. The van der Waals surface area contributed by atoms with Gasteiger partial charge in [-0.2, -0.15) is 0 Å². The molecule has 0 fully saturated rings. The van der Waals surface area contributed by atoms with E-state index < -0.39 is 0 Å². The van der Waals surface area contributed by atoms with Crippen molar-refractivity contribution in [1.29, 1.82) is 0 Å². The number of furan rings is 4. The van der Waals surface area contributed by atoms with Crippen molar-refractivity contribution in [3.8, 4) is 89.0 Å². The van der Waals surface area contributed by atoms with Crippen LogP contribution in [-0.2, 0) is 43.3 Å². The molecule has 2 aliphatic rings. The first-order chi connectivity index (χ1) is 67.7. The van der Waals surface area contributed by atoms with Crippen LogP contribution in [-0.4, -0.2) is 0 Å². The van der Waals surface area contributed by atoms with Gasteiger partial charge in [0.2, 0.25) is 0 Å². The third-order valence-corrected chi connectivity index (χ3v) is 29.0. The van der Waals surface area contributed by atoms with Gasteiger partial charge in [0.15, 0.2) is 0 Å². The minimum absolute atomic E-state index is 0.0384. The van der Waals surface area contributed by atoms with Crippen LogP contribution in [0, 0.1) is 0 Å². The fourth-order valence-corrected chi connectivity index (χ4v) is 20.8. The summed E-state index contributed by atoms with van der Waals surface area (Å²) in [6.07, 6.45) is 0. The van der Waals surface area contributed by atoms with E-state index >= 15 is 0 Å². The summed E-state index contributed by atoms with van der Waals surface area (Å²) in [6.45, 7) is 50.0. The van der Waals surface area contributed by atoms with Gasteiger partial charge in [0, 0.05) is 59.5 Å². The molecule has 24 rings (SSSR count). The van der Waals surface area contributed by atoms with Gasteiger partial charge in [0.1, 0.15) is 44.7 Å². The van der Waals surface area contributed by atoms with Gasteiger partial charge < -0.3 is 17.7 Å². The summed E-state index contributed by atoms with van der Waals surface area (Å²) >= 11 is 0. The van der Waals surface area contributed by atoms with E-state index in [1.165, 1.54) is 188 Å². The molecule has 0 spiro atoms. The Balaban J connectivity index is 0.000000108. The fourth-order valence-electron chi connectivity index (χ4n) is 20.8. The van der Waals surface area contributed by atoms with E-state index in [1.807, 2.05) is 24.3 Å². The Morgan fingerprint density at radius 3 is 0.986 bits per heavy atom. The van der Waals surface area contributed by atoms with Crippen molar-refractivity contribution < 1.29 is 17.7 Å². The Hall–Kier alpha value is -14.8. The summed E-state index contributed by atoms with van der Waals surface area (Å²) in [5.41, 5.74) is 43.0. The van der Waals surface area contributed by atoms with Crippen LogP contribution in [0.2, 0.25) is 0 Å². The Morgan fingerprint density at radius 1 is 0.169 bits per heavy atom. The summed E-state index contributed by atoms with van der Waals surface area (Å²) in [4.78, 5) is 0. The predicted octanol–water partition coefficient (Wildman–Crippen LogP) is 40.1. The quantitative estimate of drug-likeness (QED) is 0.166. The predicted molar refractivity (Wildman–Crippen MR) is 608 cm³/mol. The Labute approximate surface area is 840 Å². The van der Waals surface area contributed by atoms with Gasteiger partial charge in [-0.15, -0.1) is 0 Å². The van der Waals surface area contributed by atoms with E-state index in [0.717, 1.165) is 44.7 Å². The molecular weight excluding hydrogens is 1720 g/mol. The van der Waals surface area contributed by atoms with Crippen molar-refractivity contribution in [2.24, 2.45) is 0 Å². The first kappa shape index (κ1) is 96.1. The zero-order chi connectivity index (χ0) is 99.7. The molecule has 0 saturated carbocycles. The second-order valence-electron chi connectivity index (χ2n) is 46.0. The van der Waals surface area contributed by atoms with Gasteiger partial charge in [0.05, 0.1) is 0 Å². The molecule has 0 N–H and O–H groups in total. The smallest absolute Gasteiger partial charge is 0.139 e. The molecule has 2 aliphatic carbocycles. The van der Waals surface area contributed by atoms with Crippen LogP contribution in [0.3, 0.4) is 0 Å². The highest BCUT2D eigenvalue weighted by molar-refractivity contribution is 6.11. The summed E-state index contributed by atoms with van der Waals surface area (Å²) in [6, 6.07) is 143. The lowest BCUT2D eigenvalue weighted by atomic mass is 9.79. The number of fused-ring (bicyclic) bond motifs is 18. The highest BCUT2D eigenvalue weighted by Gasteiger charge is 2.40. The maximum absolute atomic E-state index is 6.20. The largest absolute Gasteiger partial charge is 0.456 e. The van der Waals surface area contributed by atoms with Crippen molar-refractivity contribution in [2.75, 3.05) is 0 Å². The van der Waals surface area contributed by atoms with Crippen LogP contribution >= 0.6 is 0 Å². The van der Waals surface area contributed by atoms with E-state index in [4.69, 9.17) is 17.7 Å². The minimum Gasteiger partial charge on any atom is -0.456 e. The van der Waals surface area contributed by atoms with E-state index in [1.54, 1.807) is 0 Å². The van der Waals surface area contributed by atoms with Gasteiger partial charge in [-0.05, 0) is 257 Å². The first-order valence-corrected chi connectivity index (χ1v) is 50.5. The molecule has 4 nitrogen and oxygen atoms in total. The van der Waals surface area contributed by atoms with Crippen LogP contribution in [0.25, 0.3) is 177 Å². The molecular formula is C138H132O4. The van der Waals surface area contributed by atoms with Crippen LogP contribution < -0.4 is 0 Å². The molecule has 0 saturated heterocycles. The lowest BCUT2D eigenvalue weighted by Gasteiger charge is -2.25. The van der Waals surface area contributed by atoms with Crippen molar-refractivity contribution in [3.63, 3.8) is 0 Å². The van der Waals surface area contributed by atoms with Gasteiger partial charge in [-0.25, -0.2) is 0 Å². The molecule has 0 amide bonds. The molecule has 4 heteroatoms. The highest BCUT2D eigenvalue weighted by Crippen LogP contribution is 2.55. The van der Waals surface area contributed by atoms with Crippen molar-refractivity contribution in [2.45, 2.75) is 196 Å². The van der Waals surface area contributed by atoms with Crippen LogP contribution in [0.1, 0.15) is 208 Å². The molecule has 0 bridgehead atoms. The lowest BCUT2D eigenvalue weighted by molar-refractivity contribution is 0.573. The molecule has 18 aromatic carbocycles. The SMILES string of the molecule is CC(C)(C)c1ccc2c(c1)-c1ccc(-c3ccccc3)cc1C2(C)C.CC(C)(C)c1ccc2c(c1)oc1ccc(-c3ccccc3)cc12.CC(C)(C)c1ccc2oc3cc(-c4ccccc4)ccc3c2c1.CC(C)(C)c1cccc2c1-c1ccc(-c3ccccc3)cc1C2(C)C.CC(C)(C)c1cccc2c1oc1ccc(-c3ccccc3)cc12.CC(C)(C)c1cccc2oc3ccc(-c4ccccc4)cc3c12. The molecule has 4 aromatic heterocycles. The van der Waals surface area contributed by atoms with Crippen LogP contribution in [0.5, 0.6) is 0 Å². The Kier molecular flexibility index (Phi) is 25.5. The second kappa shape index (κ2) is 37.6. The zero-order valence-corrected chi connectivity index (χ0v) is 86.7. The number of para-hydroxylation sites is 1. The topological polar surface area (TPSA) is 52.6 Å². The standard InChI is InChI=1S/2C25H26.4C22H20O/c1-24(2,3)20-12-9-13-21-23(20)19-15-14-18(16-22(19)25(21,4)5)17-10-7-6-8-11-17;1-24(2,3)19-12-14-22-21(16-19)20-13-11-18(15-23(20)25(22,4)5)17-9-7-6-8-10-17;1-22(2,3)18-10-7-11-20-21(18)17-14-16(12-13-19(17)23-20)15-8-5-4-6-9-15;1-22(2,3)19-11-7-10-17-18-14-16(15-8-5-4-6-9-15)12-13-20(18)23-21(17)19;1-22(2,3)17-10-11-18-19-13-16(15-7-5-4-6-8-15)9-12-20(19)23-21(18)14-17;1-22(2,3)17-10-12-20-19(14-17)18-11-9-16(13-21(18)23-20)15-7-5-4-6-8-15/h2*6-16H,1-5H3;4*4-14H,1-3H3. The van der Waals surface area contributed by atoms with E-state index in [2.05, 4.69) is 528 Å². The molecule has 22 aromatic rings. The second-order valence-corrected chi connectivity index (χ2v) is 46.0. The average molecular weight is 1850 g/mol. The number of rotatable bonds is 6. The molecule has 0 aliphatic heterocycles. The summed E-state index contributed by atoms with van der Waals surface area (Å²) in [5.74, 6) is 0.